The second-order valence-electron chi connectivity index (χ2n) is 5.69. The molecule has 1 atom stereocenters. The molecule has 1 unspecified atom stereocenters. The molecule has 1 amide bonds. The second-order valence-corrected chi connectivity index (χ2v) is 5.69. The highest BCUT2D eigenvalue weighted by atomic mass is 16.3. The van der Waals surface area contributed by atoms with Crippen molar-refractivity contribution in [2.75, 3.05) is 7.05 Å². The van der Waals surface area contributed by atoms with Gasteiger partial charge in [0.15, 0.2) is 0 Å². The fourth-order valence-corrected chi connectivity index (χ4v) is 3.30. The molecule has 1 aliphatic rings. The quantitative estimate of drug-likeness (QED) is 0.895. The van der Waals surface area contributed by atoms with E-state index in [0.717, 1.165) is 30.9 Å². The molecule has 5 nitrogen and oxygen atoms in total. The zero-order valence-electron chi connectivity index (χ0n) is 14.1. The zero-order chi connectivity index (χ0) is 17.2. The van der Waals surface area contributed by atoms with Crippen molar-refractivity contribution < 1.29 is 9.90 Å². The van der Waals surface area contributed by atoms with Crippen LogP contribution < -0.4 is 5.43 Å². The van der Waals surface area contributed by atoms with Gasteiger partial charge in [-0.05, 0) is 41.5 Å². The van der Waals surface area contributed by atoms with Crippen molar-refractivity contribution in [3.05, 3.63) is 46.2 Å². The van der Waals surface area contributed by atoms with Crippen LogP contribution in [0.15, 0.2) is 24.0 Å². The van der Waals surface area contributed by atoms with E-state index in [1.807, 2.05) is 19.1 Å². The van der Waals surface area contributed by atoms with Crippen LogP contribution in [0.1, 0.15) is 43.0 Å². The van der Waals surface area contributed by atoms with Gasteiger partial charge in [-0.15, -0.1) is 0 Å². The molecular formula is C18H23N3O2. The Labute approximate surface area is 137 Å². The Morgan fingerprint density at radius 3 is 2.39 bits per heavy atom. The van der Waals surface area contributed by atoms with E-state index in [0.29, 0.717) is 5.56 Å². The van der Waals surface area contributed by atoms with Gasteiger partial charge in [0, 0.05) is 13.1 Å². The average molecular weight is 313 g/mol. The normalized spacial score (nSPS) is 21.1. The number of carbonyl (C=O) groups excluding carboxylic acids is 1. The summed E-state index contributed by atoms with van der Waals surface area (Å²) in [7, 11) is 1.55. The van der Waals surface area contributed by atoms with Crippen LogP contribution in [0.2, 0.25) is 0 Å². The Kier molecular flexibility index (Phi) is 4.76. The molecule has 1 aromatic rings. The van der Waals surface area contributed by atoms with Crippen LogP contribution in [-0.2, 0) is 29.6 Å². The number of nitrogens with one attached hydrogen (secondary N) is 1. The molecule has 1 aliphatic heterocycles. The van der Waals surface area contributed by atoms with Gasteiger partial charge in [0.2, 0.25) is 5.54 Å². The van der Waals surface area contributed by atoms with Crippen LogP contribution in [-0.4, -0.2) is 23.1 Å². The minimum Gasteiger partial charge on any atom is -0.509 e. The number of aryl methyl sites for hydroxylation is 1. The first-order valence-corrected chi connectivity index (χ1v) is 7.97. The Morgan fingerprint density at radius 2 is 1.87 bits per heavy atom. The maximum atomic E-state index is 11.7. The van der Waals surface area contributed by atoms with Crippen molar-refractivity contribution in [1.82, 2.24) is 10.4 Å². The molecule has 2 rings (SSSR count). The first kappa shape index (κ1) is 17.0. The highest BCUT2D eigenvalue weighted by Crippen LogP contribution is 2.35. The molecule has 0 bridgehead atoms. The molecule has 0 spiro atoms. The summed E-state index contributed by atoms with van der Waals surface area (Å²) in [6.45, 7) is 6.24. The lowest BCUT2D eigenvalue weighted by atomic mass is 9.80. The Bertz CT molecular complexity index is 703. The maximum Gasteiger partial charge on any atom is 0.263 e. The molecule has 0 saturated carbocycles. The van der Waals surface area contributed by atoms with Crippen LogP contribution in [0.4, 0.5) is 0 Å². The third kappa shape index (κ3) is 2.60. The topological polar surface area (TPSA) is 76.4 Å². The lowest BCUT2D eigenvalue weighted by Crippen LogP contribution is -2.56. The van der Waals surface area contributed by atoms with Crippen molar-refractivity contribution >= 4 is 5.91 Å². The van der Waals surface area contributed by atoms with Gasteiger partial charge in [-0.2, -0.15) is 5.26 Å². The summed E-state index contributed by atoms with van der Waals surface area (Å²) in [6, 6.07) is 6.08. The molecule has 2 N–H and O–H groups in total. The van der Waals surface area contributed by atoms with Gasteiger partial charge in [0.1, 0.15) is 5.76 Å². The summed E-state index contributed by atoms with van der Waals surface area (Å²) in [6.07, 6.45) is 3.64. The molecule has 0 aromatic heterocycles. The Hall–Kier alpha value is -2.32. The van der Waals surface area contributed by atoms with Crippen molar-refractivity contribution in [1.29, 1.82) is 5.26 Å². The number of nitrogens with zero attached hydrogens (tertiary/aromatic N) is 2. The predicted molar refractivity (Wildman–Crippen MR) is 88.5 cm³/mol. The lowest BCUT2D eigenvalue weighted by Gasteiger charge is -2.37. The van der Waals surface area contributed by atoms with E-state index in [2.05, 4.69) is 25.3 Å². The van der Waals surface area contributed by atoms with E-state index in [9.17, 15) is 15.2 Å². The van der Waals surface area contributed by atoms with Gasteiger partial charge >= 0.3 is 0 Å². The van der Waals surface area contributed by atoms with Gasteiger partial charge in [0.05, 0.1) is 6.07 Å². The number of nitriles is 1. The van der Waals surface area contributed by atoms with Gasteiger partial charge in [0.25, 0.3) is 5.91 Å². The summed E-state index contributed by atoms with van der Waals surface area (Å²) in [5, 5.41) is 21.5. The van der Waals surface area contributed by atoms with Crippen LogP contribution in [0, 0.1) is 11.3 Å². The molecule has 5 heteroatoms. The number of hydrazine groups is 1. The maximum absolute atomic E-state index is 11.7. The standard InChI is InChI=1S/C18H23N3O2/c1-5-12-8-9-15(14(7-3)13(12)6-2)18(11-19)16(22)10-17(23)21(4)20-18/h8-10,20,22H,5-7H2,1-4H3. The average Bonchev–Trinajstić information content (AvgIpc) is 2.56. The number of benzene rings is 1. The zero-order valence-corrected chi connectivity index (χ0v) is 14.1. The second kappa shape index (κ2) is 6.43. The number of carbonyl (C=O) groups is 1. The first-order valence-electron chi connectivity index (χ1n) is 7.97. The lowest BCUT2D eigenvalue weighted by molar-refractivity contribution is -0.130. The number of aliphatic hydroxyl groups is 1. The number of hydrogen-bond donors (Lipinski definition) is 2. The van der Waals surface area contributed by atoms with Gasteiger partial charge in [-0.25, -0.2) is 5.43 Å². The molecule has 0 radical (unpaired) electrons. The molecule has 23 heavy (non-hydrogen) atoms. The summed E-state index contributed by atoms with van der Waals surface area (Å²) in [5.74, 6) is -0.642. The monoisotopic (exact) mass is 313 g/mol. The van der Waals surface area contributed by atoms with Gasteiger partial charge < -0.3 is 5.11 Å². The predicted octanol–water partition coefficient (Wildman–Crippen LogP) is 2.51. The van der Waals surface area contributed by atoms with Gasteiger partial charge in [-0.1, -0.05) is 32.9 Å². The summed E-state index contributed by atoms with van der Waals surface area (Å²) >= 11 is 0. The van der Waals surface area contributed by atoms with E-state index in [-0.39, 0.29) is 11.7 Å². The fourth-order valence-electron chi connectivity index (χ4n) is 3.30. The third-order valence-corrected chi connectivity index (χ3v) is 4.50. The molecule has 1 aromatic carbocycles. The molecule has 122 valence electrons. The van der Waals surface area contributed by atoms with E-state index in [1.54, 1.807) is 7.05 Å². The largest absolute Gasteiger partial charge is 0.509 e. The van der Waals surface area contributed by atoms with Crippen LogP contribution >= 0.6 is 0 Å². The van der Waals surface area contributed by atoms with Crippen LogP contribution in [0.5, 0.6) is 0 Å². The first-order chi connectivity index (χ1) is 10.9. The Morgan fingerprint density at radius 1 is 1.22 bits per heavy atom. The van der Waals surface area contributed by atoms with Crippen molar-refractivity contribution in [3.8, 4) is 6.07 Å². The summed E-state index contributed by atoms with van der Waals surface area (Å²) in [5.41, 5.74) is 5.68. The Balaban J connectivity index is 2.76. The number of aliphatic hydroxyl groups excluding tert-OH is 1. The molecule has 0 saturated heterocycles. The van der Waals surface area contributed by atoms with E-state index >= 15 is 0 Å². The minimum atomic E-state index is -1.43. The molecule has 0 fully saturated rings. The van der Waals surface area contributed by atoms with Gasteiger partial charge in [-0.3, -0.25) is 9.80 Å². The highest BCUT2D eigenvalue weighted by molar-refractivity contribution is 5.89. The van der Waals surface area contributed by atoms with E-state index in [4.69, 9.17) is 0 Å². The number of hydrogen-bond acceptors (Lipinski definition) is 4. The minimum absolute atomic E-state index is 0.260. The molecule has 0 aliphatic carbocycles. The van der Waals surface area contributed by atoms with Crippen LogP contribution in [0.3, 0.4) is 0 Å². The van der Waals surface area contributed by atoms with Crippen molar-refractivity contribution in [3.63, 3.8) is 0 Å². The SMILES string of the molecule is CCc1ccc(C2(C#N)NN(C)C(=O)C=C2O)c(CC)c1CC. The van der Waals surface area contributed by atoms with E-state index < -0.39 is 5.54 Å². The van der Waals surface area contributed by atoms with Crippen LogP contribution in [0.25, 0.3) is 0 Å². The molecular weight excluding hydrogens is 290 g/mol. The fraction of sp³-hybridized carbons (Fsp3) is 0.444. The smallest absolute Gasteiger partial charge is 0.263 e. The molecule has 1 heterocycles. The number of amides is 1. The van der Waals surface area contributed by atoms with Crippen molar-refractivity contribution in [2.45, 2.75) is 45.6 Å². The third-order valence-electron chi connectivity index (χ3n) is 4.50. The highest BCUT2D eigenvalue weighted by Gasteiger charge is 2.44. The van der Waals surface area contributed by atoms with E-state index in [1.165, 1.54) is 16.1 Å². The summed E-state index contributed by atoms with van der Waals surface area (Å²) < 4.78 is 0. The number of rotatable bonds is 4. The summed E-state index contributed by atoms with van der Waals surface area (Å²) in [4.78, 5) is 11.7. The van der Waals surface area contributed by atoms with Crippen molar-refractivity contribution in [2.24, 2.45) is 0 Å². The number of likely N-dealkylation sites (N-methyl/N-ethyl adjacent to an activating group) is 1.